The molecule has 0 aliphatic rings. The molecule has 0 unspecified atom stereocenters. The van der Waals surface area contributed by atoms with Crippen LogP contribution in [0.1, 0.15) is 47.8 Å². The topological polar surface area (TPSA) is 124 Å². The number of nitriles is 1. The van der Waals surface area contributed by atoms with E-state index in [4.69, 9.17) is 5.26 Å². The van der Waals surface area contributed by atoms with Crippen LogP contribution in [0, 0.1) is 11.3 Å². The first-order valence-electron chi connectivity index (χ1n) is 11.2. The van der Waals surface area contributed by atoms with E-state index in [0.29, 0.717) is 30.0 Å². The fourth-order valence-electron chi connectivity index (χ4n) is 3.27. The molecule has 0 spiro atoms. The molecular formula is C26H29N5O3S. The summed E-state index contributed by atoms with van der Waals surface area (Å²) in [6, 6.07) is 19.0. The van der Waals surface area contributed by atoms with Gasteiger partial charge in [0, 0.05) is 31.4 Å². The van der Waals surface area contributed by atoms with E-state index >= 15 is 0 Å². The lowest BCUT2D eigenvalue weighted by molar-refractivity contribution is 0.0955. The molecule has 3 N–H and O–H groups in total. The van der Waals surface area contributed by atoms with Gasteiger partial charge >= 0.3 is 0 Å². The largest absolute Gasteiger partial charge is 0.367 e. The Morgan fingerprint density at radius 2 is 1.69 bits per heavy atom. The Morgan fingerprint density at radius 3 is 2.31 bits per heavy atom. The molecule has 2 aromatic carbocycles. The number of nitrogens with zero attached hydrogens (tertiary/aromatic N) is 2. The van der Waals surface area contributed by atoms with Crippen molar-refractivity contribution in [2.75, 3.05) is 18.4 Å². The minimum Gasteiger partial charge on any atom is -0.367 e. The standard InChI is InChI=1S/C26H29N5O3S/c1-26(2,3)22-10-12-23(13-11-22)35(33,34)31-18-19-6-8-20(9-7-19)25(32)30-16-15-29-24-21(17-27)5-4-14-28-24/h4-14,31H,15-16,18H2,1-3H3,(H,28,29)(H,30,32). The molecule has 3 rings (SSSR count). The maximum absolute atomic E-state index is 12.6. The number of benzene rings is 2. The molecule has 1 aromatic heterocycles. The first kappa shape index (κ1) is 25.9. The molecule has 0 atom stereocenters. The summed E-state index contributed by atoms with van der Waals surface area (Å²) in [4.78, 5) is 16.7. The molecule has 0 aliphatic heterocycles. The zero-order chi connectivity index (χ0) is 25.5. The highest BCUT2D eigenvalue weighted by molar-refractivity contribution is 7.89. The summed E-state index contributed by atoms with van der Waals surface area (Å²) >= 11 is 0. The van der Waals surface area contributed by atoms with Gasteiger partial charge in [0.1, 0.15) is 11.9 Å². The van der Waals surface area contributed by atoms with Crippen molar-refractivity contribution in [2.24, 2.45) is 0 Å². The van der Waals surface area contributed by atoms with Gasteiger partial charge in [0.2, 0.25) is 10.0 Å². The zero-order valence-electron chi connectivity index (χ0n) is 20.0. The average Bonchev–Trinajstić information content (AvgIpc) is 2.85. The van der Waals surface area contributed by atoms with Crippen molar-refractivity contribution in [2.45, 2.75) is 37.6 Å². The van der Waals surface area contributed by atoms with Gasteiger partial charge in [-0.15, -0.1) is 0 Å². The smallest absolute Gasteiger partial charge is 0.251 e. The second-order valence-corrected chi connectivity index (χ2v) is 10.8. The van der Waals surface area contributed by atoms with Gasteiger partial charge in [0.25, 0.3) is 5.91 Å². The molecule has 0 saturated carbocycles. The molecule has 0 bridgehead atoms. The Bertz CT molecular complexity index is 1310. The highest BCUT2D eigenvalue weighted by Crippen LogP contribution is 2.23. The highest BCUT2D eigenvalue weighted by Gasteiger charge is 2.17. The zero-order valence-corrected chi connectivity index (χ0v) is 20.8. The van der Waals surface area contributed by atoms with Crippen molar-refractivity contribution in [3.8, 4) is 6.07 Å². The lowest BCUT2D eigenvalue weighted by Crippen LogP contribution is -2.29. The van der Waals surface area contributed by atoms with Crippen molar-refractivity contribution in [3.63, 3.8) is 0 Å². The monoisotopic (exact) mass is 491 g/mol. The van der Waals surface area contributed by atoms with Crippen LogP contribution in [0.3, 0.4) is 0 Å². The Morgan fingerprint density at radius 1 is 1.00 bits per heavy atom. The Labute approximate surface area is 206 Å². The quantitative estimate of drug-likeness (QED) is 0.393. The number of nitrogens with one attached hydrogen (secondary N) is 3. The second kappa shape index (κ2) is 11.1. The molecule has 182 valence electrons. The summed E-state index contributed by atoms with van der Waals surface area (Å²) in [5.74, 6) is 0.223. The number of rotatable bonds is 9. The Balaban J connectivity index is 1.49. The van der Waals surface area contributed by atoms with E-state index in [1.165, 1.54) is 0 Å². The fourth-order valence-corrected chi connectivity index (χ4v) is 4.28. The molecule has 8 nitrogen and oxygen atoms in total. The summed E-state index contributed by atoms with van der Waals surface area (Å²) in [6.45, 7) is 7.08. The van der Waals surface area contributed by atoms with Crippen molar-refractivity contribution >= 4 is 21.7 Å². The summed E-state index contributed by atoms with van der Waals surface area (Å²) in [6.07, 6.45) is 1.59. The number of carbonyl (C=O) groups is 1. The molecule has 35 heavy (non-hydrogen) atoms. The first-order chi connectivity index (χ1) is 16.6. The number of aromatic nitrogens is 1. The van der Waals surface area contributed by atoms with Crippen molar-refractivity contribution in [1.29, 1.82) is 5.26 Å². The summed E-state index contributed by atoms with van der Waals surface area (Å²) in [5.41, 5.74) is 2.64. The van der Waals surface area contributed by atoms with E-state index in [9.17, 15) is 13.2 Å². The van der Waals surface area contributed by atoms with Crippen LogP contribution in [-0.4, -0.2) is 32.4 Å². The molecule has 1 heterocycles. The molecule has 0 aliphatic carbocycles. The summed E-state index contributed by atoms with van der Waals surface area (Å²) < 4.78 is 27.9. The number of hydrogen-bond donors (Lipinski definition) is 3. The summed E-state index contributed by atoms with van der Waals surface area (Å²) in [7, 11) is -3.65. The van der Waals surface area contributed by atoms with Gasteiger partial charge in [0.05, 0.1) is 10.5 Å². The van der Waals surface area contributed by atoms with E-state index < -0.39 is 10.0 Å². The minimum absolute atomic E-state index is 0.0553. The number of sulfonamides is 1. The van der Waals surface area contributed by atoms with Crippen LogP contribution >= 0.6 is 0 Å². The maximum Gasteiger partial charge on any atom is 0.251 e. The third-order valence-corrected chi connectivity index (χ3v) is 6.76. The molecule has 0 fully saturated rings. The van der Waals surface area contributed by atoms with Crippen LogP contribution < -0.4 is 15.4 Å². The molecule has 0 saturated heterocycles. The van der Waals surface area contributed by atoms with Crippen LogP contribution in [0.5, 0.6) is 0 Å². The minimum atomic E-state index is -3.65. The van der Waals surface area contributed by atoms with Gasteiger partial charge in [-0.25, -0.2) is 18.1 Å². The Kier molecular flexibility index (Phi) is 8.22. The number of pyridine rings is 1. The van der Waals surface area contributed by atoms with E-state index in [2.05, 4.69) is 47.2 Å². The van der Waals surface area contributed by atoms with Gasteiger partial charge in [-0.05, 0) is 52.9 Å². The van der Waals surface area contributed by atoms with Gasteiger partial charge in [-0.3, -0.25) is 4.79 Å². The average molecular weight is 492 g/mol. The molecule has 1 amide bonds. The highest BCUT2D eigenvalue weighted by atomic mass is 32.2. The van der Waals surface area contributed by atoms with Crippen molar-refractivity contribution in [1.82, 2.24) is 15.0 Å². The lowest BCUT2D eigenvalue weighted by Gasteiger charge is -2.19. The molecule has 0 radical (unpaired) electrons. The fraction of sp³-hybridized carbons (Fsp3) is 0.269. The molecule has 3 aromatic rings. The lowest BCUT2D eigenvalue weighted by atomic mass is 9.87. The second-order valence-electron chi connectivity index (χ2n) is 8.99. The van der Waals surface area contributed by atoms with Gasteiger partial charge in [-0.2, -0.15) is 5.26 Å². The predicted octanol–water partition coefficient (Wildman–Crippen LogP) is 3.57. The van der Waals surface area contributed by atoms with Crippen molar-refractivity contribution in [3.05, 3.63) is 89.1 Å². The third kappa shape index (κ3) is 7.12. The Hall–Kier alpha value is -3.74. The van der Waals surface area contributed by atoms with Crippen LogP contribution in [0.25, 0.3) is 0 Å². The van der Waals surface area contributed by atoms with E-state index in [1.54, 1.807) is 54.7 Å². The van der Waals surface area contributed by atoms with Gasteiger partial charge < -0.3 is 10.6 Å². The van der Waals surface area contributed by atoms with Gasteiger partial charge in [0.15, 0.2) is 0 Å². The predicted molar refractivity (Wildman–Crippen MR) is 135 cm³/mol. The third-order valence-electron chi connectivity index (χ3n) is 5.34. The van der Waals surface area contributed by atoms with E-state index in [0.717, 1.165) is 11.1 Å². The number of carbonyl (C=O) groups excluding carboxylic acids is 1. The number of anilines is 1. The van der Waals surface area contributed by atoms with E-state index in [1.807, 2.05) is 12.1 Å². The maximum atomic E-state index is 12.6. The molecular weight excluding hydrogens is 462 g/mol. The van der Waals surface area contributed by atoms with Crippen molar-refractivity contribution < 1.29 is 13.2 Å². The van der Waals surface area contributed by atoms with Crippen LogP contribution in [0.2, 0.25) is 0 Å². The number of amides is 1. The SMILES string of the molecule is CC(C)(C)c1ccc(S(=O)(=O)NCc2ccc(C(=O)NCCNc3ncccc3C#N)cc2)cc1. The summed E-state index contributed by atoms with van der Waals surface area (Å²) in [5, 5.41) is 14.9. The first-order valence-corrected chi connectivity index (χ1v) is 12.6. The van der Waals surface area contributed by atoms with E-state index in [-0.39, 0.29) is 22.8 Å². The van der Waals surface area contributed by atoms with Crippen LogP contribution in [-0.2, 0) is 22.0 Å². The van der Waals surface area contributed by atoms with Gasteiger partial charge in [-0.1, -0.05) is 45.0 Å². The number of hydrogen-bond acceptors (Lipinski definition) is 6. The van der Waals surface area contributed by atoms with Crippen LogP contribution in [0.15, 0.2) is 71.8 Å². The molecule has 9 heteroatoms. The van der Waals surface area contributed by atoms with Crippen LogP contribution in [0.4, 0.5) is 5.82 Å². The normalized spacial score (nSPS) is 11.5.